The first kappa shape index (κ1) is 12.3. The Morgan fingerprint density at radius 3 is 2.60 bits per heavy atom. The molecule has 0 fully saturated rings. The highest BCUT2D eigenvalue weighted by Gasteiger charge is 2.28. The van der Waals surface area contributed by atoms with Gasteiger partial charge in [0.2, 0.25) is 5.91 Å². The molecule has 3 unspecified atom stereocenters. The van der Waals surface area contributed by atoms with Crippen LogP contribution in [0.15, 0.2) is 11.6 Å². The van der Waals surface area contributed by atoms with E-state index in [2.05, 4.69) is 26.8 Å². The monoisotopic (exact) mass is 209 g/mol. The summed E-state index contributed by atoms with van der Waals surface area (Å²) < 4.78 is 0. The van der Waals surface area contributed by atoms with E-state index in [0.29, 0.717) is 17.8 Å². The average Bonchev–Trinajstić information content (AvgIpc) is 2.10. The number of nitrogens with zero attached hydrogens (tertiary/aromatic N) is 1. The summed E-state index contributed by atoms with van der Waals surface area (Å²) >= 11 is 0. The molecule has 0 heterocycles. The molecule has 1 amide bonds. The Morgan fingerprint density at radius 2 is 2.13 bits per heavy atom. The normalized spacial score (nSPS) is 31.0. The highest BCUT2D eigenvalue weighted by Crippen LogP contribution is 2.33. The molecule has 0 aromatic carbocycles. The molecule has 0 N–H and O–H groups in total. The van der Waals surface area contributed by atoms with Crippen molar-refractivity contribution in [3.63, 3.8) is 0 Å². The van der Waals surface area contributed by atoms with Gasteiger partial charge in [0.25, 0.3) is 0 Å². The molecule has 15 heavy (non-hydrogen) atoms. The maximum absolute atomic E-state index is 11.2. The van der Waals surface area contributed by atoms with E-state index in [-0.39, 0.29) is 5.91 Å². The van der Waals surface area contributed by atoms with Crippen molar-refractivity contribution in [3.05, 3.63) is 11.6 Å². The van der Waals surface area contributed by atoms with E-state index in [4.69, 9.17) is 0 Å². The third-order valence-electron chi connectivity index (χ3n) is 3.62. The van der Waals surface area contributed by atoms with Crippen molar-refractivity contribution >= 4 is 5.91 Å². The number of carbonyl (C=O) groups is 1. The molecule has 1 aliphatic rings. The van der Waals surface area contributed by atoms with Crippen LogP contribution in [0, 0.1) is 17.8 Å². The lowest BCUT2D eigenvalue weighted by Gasteiger charge is -2.35. The Bertz CT molecular complexity index is 270. The standard InChI is InChI=1S/C13H23NO/c1-9-6-10(2)13(11(3)7-9)8-14(5)12(4)15/h6,10-11,13H,7-8H2,1-5H3. The van der Waals surface area contributed by atoms with E-state index in [9.17, 15) is 4.79 Å². The Balaban J connectivity index is 2.65. The van der Waals surface area contributed by atoms with Crippen LogP contribution in [0.2, 0.25) is 0 Å². The van der Waals surface area contributed by atoms with Crippen LogP contribution in [-0.2, 0) is 4.79 Å². The zero-order valence-corrected chi connectivity index (χ0v) is 10.6. The van der Waals surface area contributed by atoms with Crippen molar-refractivity contribution in [2.24, 2.45) is 17.8 Å². The quantitative estimate of drug-likeness (QED) is 0.640. The molecule has 0 saturated carbocycles. The SMILES string of the molecule is CC(=O)N(C)CC1C(C)C=C(C)CC1C. The second-order valence-electron chi connectivity index (χ2n) is 5.12. The van der Waals surface area contributed by atoms with Crippen molar-refractivity contribution in [1.29, 1.82) is 0 Å². The van der Waals surface area contributed by atoms with Crippen LogP contribution in [-0.4, -0.2) is 24.4 Å². The Labute approximate surface area is 93.3 Å². The fourth-order valence-corrected chi connectivity index (χ4v) is 2.61. The number of amides is 1. The zero-order valence-electron chi connectivity index (χ0n) is 10.6. The summed E-state index contributed by atoms with van der Waals surface area (Å²) in [5.41, 5.74) is 1.50. The van der Waals surface area contributed by atoms with Crippen LogP contribution in [0.3, 0.4) is 0 Å². The number of hydrogen-bond acceptors (Lipinski definition) is 1. The third kappa shape index (κ3) is 3.08. The molecule has 2 nitrogen and oxygen atoms in total. The molecule has 1 aliphatic carbocycles. The fourth-order valence-electron chi connectivity index (χ4n) is 2.61. The summed E-state index contributed by atoms with van der Waals surface area (Å²) in [5.74, 6) is 2.06. The van der Waals surface area contributed by atoms with Gasteiger partial charge in [0.15, 0.2) is 0 Å². The Morgan fingerprint density at radius 1 is 1.53 bits per heavy atom. The molecule has 0 aromatic rings. The minimum absolute atomic E-state index is 0.167. The lowest BCUT2D eigenvalue weighted by molar-refractivity contribution is -0.128. The summed E-state index contributed by atoms with van der Waals surface area (Å²) in [5, 5.41) is 0. The van der Waals surface area contributed by atoms with Gasteiger partial charge in [-0.05, 0) is 31.1 Å². The Hall–Kier alpha value is -0.790. The topological polar surface area (TPSA) is 20.3 Å². The van der Waals surface area contributed by atoms with Gasteiger partial charge in [-0.2, -0.15) is 0 Å². The van der Waals surface area contributed by atoms with Crippen molar-refractivity contribution in [2.45, 2.75) is 34.1 Å². The highest BCUT2D eigenvalue weighted by atomic mass is 16.2. The minimum Gasteiger partial charge on any atom is -0.346 e. The third-order valence-corrected chi connectivity index (χ3v) is 3.62. The maximum atomic E-state index is 11.2. The van der Waals surface area contributed by atoms with Crippen molar-refractivity contribution < 1.29 is 4.79 Å². The molecule has 0 aromatic heterocycles. The lowest BCUT2D eigenvalue weighted by atomic mass is 9.75. The van der Waals surface area contributed by atoms with Gasteiger partial charge >= 0.3 is 0 Å². The van der Waals surface area contributed by atoms with Crippen LogP contribution in [0.5, 0.6) is 0 Å². The fraction of sp³-hybridized carbons (Fsp3) is 0.769. The van der Waals surface area contributed by atoms with Gasteiger partial charge in [-0.1, -0.05) is 25.5 Å². The average molecular weight is 209 g/mol. The van der Waals surface area contributed by atoms with E-state index in [1.807, 2.05) is 11.9 Å². The molecule has 0 spiro atoms. The van der Waals surface area contributed by atoms with E-state index in [1.165, 1.54) is 12.0 Å². The summed E-state index contributed by atoms with van der Waals surface area (Å²) in [4.78, 5) is 13.0. The van der Waals surface area contributed by atoms with Crippen molar-refractivity contribution in [1.82, 2.24) is 4.90 Å². The maximum Gasteiger partial charge on any atom is 0.219 e. The molecule has 2 heteroatoms. The largest absolute Gasteiger partial charge is 0.346 e. The zero-order chi connectivity index (χ0) is 11.6. The highest BCUT2D eigenvalue weighted by molar-refractivity contribution is 5.72. The van der Waals surface area contributed by atoms with Gasteiger partial charge in [0, 0.05) is 20.5 Å². The van der Waals surface area contributed by atoms with Gasteiger partial charge < -0.3 is 4.90 Å². The Kier molecular flexibility index (Phi) is 3.95. The van der Waals surface area contributed by atoms with Crippen LogP contribution in [0.25, 0.3) is 0 Å². The van der Waals surface area contributed by atoms with Gasteiger partial charge in [0.1, 0.15) is 0 Å². The number of rotatable bonds is 2. The van der Waals surface area contributed by atoms with Crippen LogP contribution in [0.1, 0.15) is 34.1 Å². The first-order valence-electron chi connectivity index (χ1n) is 5.80. The minimum atomic E-state index is 0.167. The van der Waals surface area contributed by atoms with E-state index in [0.717, 1.165) is 6.54 Å². The second-order valence-corrected chi connectivity index (χ2v) is 5.12. The van der Waals surface area contributed by atoms with Crippen LogP contribution < -0.4 is 0 Å². The van der Waals surface area contributed by atoms with Gasteiger partial charge in [-0.15, -0.1) is 0 Å². The second kappa shape index (κ2) is 4.82. The van der Waals surface area contributed by atoms with E-state index < -0.39 is 0 Å². The lowest BCUT2D eigenvalue weighted by Crippen LogP contribution is -2.36. The molecule has 3 atom stereocenters. The number of allylic oxidation sites excluding steroid dienone is 2. The van der Waals surface area contributed by atoms with E-state index in [1.54, 1.807) is 6.92 Å². The molecule has 0 bridgehead atoms. The van der Waals surface area contributed by atoms with Crippen molar-refractivity contribution in [2.75, 3.05) is 13.6 Å². The smallest absolute Gasteiger partial charge is 0.219 e. The molecule has 0 radical (unpaired) electrons. The van der Waals surface area contributed by atoms with E-state index >= 15 is 0 Å². The molecule has 0 aliphatic heterocycles. The molecular weight excluding hydrogens is 186 g/mol. The predicted molar refractivity (Wildman–Crippen MR) is 63.5 cm³/mol. The first-order chi connectivity index (χ1) is 6.91. The summed E-state index contributed by atoms with van der Waals surface area (Å²) in [6.45, 7) is 9.29. The first-order valence-corrected chi connectivity index (χ1v) is 5.80. The number of hydrogen-bond donors (Lipinski definition) is 0. The van der Waals surface area contributed by atoms with Gasteiger partial charge in [-0.25, -0.2) is 0 Å². The van der Waals surface area contributed by atoms with Crippen LogP contribution >= 0.6 is 0 Å². The van der Waals surface area contributed by atoms with Crippen molar-refractivity contribution in [3.8, 4) is 0 Å². The summed E-state index contributed by atoms with van der Waals surface area (Å²) in [6.07, 6.45) is 3.54. The molecule has 1 rings (SSSR count). The molecule has 86 valence electrons. The van der Waals surface area contributed by atoms with Gasteiger partial charge in [-0.3, -0.25) is 4.79 Å². The molecular formula is C13H23NO. The predicted octanol–water partition coefficient (Wildman–Crippen LogP) is 2.70. The molecule has 0 saturated heterocycles. The summed E-state index contributed by atoms with van der Waals surface area (Å²) in [6, 6.07) is 0. The summed E-state index contributed by atoms with van der Waals surface area (Å²) in [7, 11) is 1.90. The number of carbonyl (C=O) groups excluding carboxylic acids is 1. The van der Waals surface area contributed by atoms with Crippen LogP contribution in [0.4, 0.5) is 0 Å². The van der Waals surface area contributed by atoms with Gasteiger partial charge in [0.05, 0.1) is 0 Å².